The number of fused-ring (bicyclic) bond motifs is 1. The van der Waals surface area contributed by atoms with E-state index < -0.39 is 0 Å². The number of hydrogen-bond acceptors (Lipinski definition) is 9. The highest BCUT2D eigenvalue weighted by Gasteiger charge is 2.25. The standard InChI is InChI=1S/C20H26N8O2/c1-14-11-22-17(12-21-14)25-15-2-4-16(5-3-15)30-20-26-19(27-6-8-29-9-7-27)10-18-23-13-24-28(18)20/h10-13,15-16H,2-9H2,1H3,(H,22,25)/t15-,16+. The smallest absolute Gasteiger partial charge is 0.321 e. The van der Waals surface area contributed by atoms with E-state index in [1.165, 1.54) is 6.33 Å². The first-order valence-corrected chi connectivity index (χ1v) is 10.5. The Labute approximate surface area is 174 Å². The topological polar surface area (TPSA) is 103 Å². The Morgan fingerprint density at radius 1 is 1.07 bits per heavy atom. The molecule has 1 aliphatic heterocycles. The molecular weight excluding hydrogens is 384 g/mol. The summed E-state index contributed by atoms with van der Waals surface area (Å²) in [5.41, 5.74) is 1.67. The van der Waals surface area contributed by atoms with Gasteiger partial charge in [0.15, 0.2) is 5.65 Å². The van der Waals surface area contributed by atoms with Crippen LogP contribution in [0.15, 0.2) is 24.8 Å². The van der Waals surface area contributed by atoms with Gasteiger partial charge in [-0.3, -0.25) is 4.98 Å². The predicted molar refractivity (Wildman–Crippen MR) is 111 cm³/mol. The zero-order chi connectivity index (χ0) is 20.3. The maximum absolute atomic E-state index is 6.31. The molecule has 2 fully saturated rings. The molecule has 0 radical (unpaired) electrons. The molecule has 3 aromatic rings. The highest BCUT2D eigenvalue weighted by atomic mass is 16.5. The van der Waals surface area contributed by atoms with Crippen molar-refractivity contribution >= 4 is 17.3 Å². The zero-order valence-corrected chi connectivity index (χ0v) is 17.1. The van der Waals surface area contributed by atoms with Crippen molar-refractivity contribution in [1.82, 2.24) is 29.5 Å². The van der Waals surface area contributed by atoms with Crippen LogP contribution in [0, 0.1) is 6.92 Å². The lowest BCUT2D eigenvalue weighted by Gasteiger charge is -2.30. The molecule has 0 amide bonds. The first-order valence-electron chi connectivity index (χ1n) is 10.5. The second kappa shape index (κ2) is 8.39. The Balaban J connectivity index is 1.24. The van der Waals surface area contributed by atoms with E-state index in [0.29, 0.717) is 25.3 Å². The third kappa shape index (κ3) is 4.13. The number of nitrogens with one attached hydrogen (secondary N) is 1. The fourth-order valence-electron chi connectivity index (χ4n) is 3.97. The minimum Gasteiger partial charge on any atom is -0.460 e. The molecule has 2 aliphatic rings. The minimum atomic E-state index is 0.104. The van der Waals surface area contributed by atoms with E-state index in [0.717, 1.165) is 61.7 Å². The molecule has 0 aromatic carbocycles. The molecule has 1 saturated carbocycles. The van der Waals surface area contributed by atoms with Crippen LogP contribution in [-0.4, -0.2) is 68.0 Å². The Morgan fingerprint density at radius 3 is 2.67 bits per heavy atom. The molecule has 1 saturated heterocycles. The van der Waals surface area contributed by atoms with Crippen LogP contribution in [0.5, 0.6) is 6.01 Å². The fourth-order valence-corrected chi connectivity index (χ4v) is 3.97. The van der Waals surface area contributed by atoms with Gasteiger partial charge in [-0.15, -0.1) is 0 Å². The van der Waals surface area contributed by atoms with Crippen LogP contribution in [0.4, 0.5) is 11.6 Å². The molecule has 3 aromatic heterocycles. The molecule has 5 rings (SSSR count). The SMILES string of the molecule is Cc1cnc(N[C@H]2CC[C@@H](Oc3nc(N4CCOCC4)cc4ncnn34)CC2)cn1. The highest BCUT2D eigenvalue weighted by molar-refractivity contribution is 5.52. The Bertz CT molecular complexity index is 978. The van der Waals surface area contributed by atoms with Gasteiger partial charge in [0.25, 0.3) is 0 Å². The van der Waals surface area contributed by atoms with Gasteiger partial charge in [-0.2, -0.15) is 14.6 Å². The molecule has 0 spiro atoms. The molecular formula is C20H26N8O2. The second-order valence-electron chi connectivity index (χ2n) is 7.81. The van der Waals surface area contributed by atoms with Crippen molar-refractivity contribution in [1.29, 1.82) is 0 Å². The minimum absolute atomic E-state index is 0.104. The Morgan fingerprint density at radius 2 is 1.90 bits per heavy atom. The summed E-state index contributed by atoms with van der Waals surface area (Å²) in [7, 11) is 0. The van der Waals surface area contributed by atoms with Gasteiger partial charge >= 0.3 is 6.01 Å². The van der Waals surface area contributed by atoms with E-state index in [-0.39, 0.29) is 6.10 Å². The van der Waals surface area contributed by atoms with Gasteiger partial charge in [0.1, 0.15) is 24.1 Å². The number of nitrogens with zero attached hydrogens (tertiary/aromatic N) is 7. The number of aryl methyl sites for hydroxylation is 1. The van der Waals surface area contributed by atoms with E-state index in [2.05, 4.69) is 30.3 Å². The van der Waals surface area contributed by atoms with Crippen LogP contribution < -0.4 is 15.0 Å². The average Bonchev–Trinajstić information content (AvgIpc) is 3.26. The van der Waals surface area contributed by atoms with E-state index in [1.807, 2.05) is 13.0 Å². The van der Waals surface area contributed by atoms with Crippen LogP contribution in [-0.2, 0) is 4.74 Å². The summed E-state index contributed by atoms with van der Waals surface area (Å²) in [6.07, 6.45) is 9.11. The fraction of sp³-hybridized carbons (Fsp3) is 0.550. The van der Waals surface area contributed by atoms with Gasteiger partial charge in [0.2, 0.25) is 0 Å². The summed E-state index contributed by atoms with van der Waals surface area (Å²) in [6, 6.07) is 2.84. The van der Waals surface area contributed by atoms with Gasteiger partial charge in [-0.1, -0.05) is 0 Å². The first kappa shape index (κ1) is 19.0. The van der Waals surface area contributed by atoms with Crippen LogP contribution in [0.3, 0.4) is 0 Å². The number of morpholine rings is 1. The molecule has 0 bridgehead atoms. The number of anilines is 2. The quantitative estimate of drug-likeness (QED) is 0.675. The number of rotatable bonds is 5. The number of aromatic nitrogens is 6. The van der Waals surface area contributed by atoms with Crippen molar-refractivity contribution in [2.45, 2.75) is 44.8 Å². The summed E-state index contributed by atoms with van der Waals surface area (Å²) in [5, 5.41) is 7.77. The lowest BCUT2D eigenvalue weighted by molar-refractivity contribution is 0.121. The normalized spacial score (nSPS) is 22.2. The molecule has 158 valence electrons. The molecule has 10 nitrogen and oxygen atoms in total. The molecule has 30 heavy (non-hydrogen) atoms. The van der Waals surface area contributed by atoms with Crippen LogP contribution in [0.2, 0.25) is 0 Å². The monoisotopic (exact) mass is 410 g/mol. The van der Waals surface area contributed by atoms with Crippen LogP contribution >= 0.6 is 0 Å². The van der Waals surface area contributed by atoms with Crippen molar-refractivity contribution < 1.29 is 9.47 Å². The second-order valence-corrected chi connectivity index (χ2v) is 7.81. The van der Waals surface area contributed by atoms with E-state index in [1.54, 1.807) is 16.9 Å². The predicted octanol–water partition coefficient (Wildman–Crippen LogP) is 1.86. The van der Waals surface area contributed by atoms with Gasteiger partial charge in [-0.05, 0) is 32.6 Å². The van der Waals surface area contributed by atoms with Crippen LogP contribution in [0.1, 0.15) is 31.4 Å². The van der Waals surface area contributed by atoms with Crippen molar-refractivity contribution in [2.24, 2.45) is 0 Å². The van der Waals surface area contributed by atoms with Crippen molar-refractivity contribution in [3.63, 3.8) is 0 Å². The number of hydrogen-bond donors (Lipinski definition) is 1. The zero-order valence-electron chi connectivity index (χ0n) is 17.1. The highest BCUT2D eigenvalue weighted by Crippen LogP contribution is 2.26. The molecule has 1 N–H and O–H groups in total. The molecule has 10 heteroatoms. The van der Waals surface area contributed by atoms with Gasteiger partial charge in [0.05, 0.1) is 31.3 Å². The van der Waals surface area contributed by atoms with Gasteiger partial charge in [0, 0.05) is 25.2 Å². The molecule has 0 unspecified atom stereocenters. The third-order valence-corrected chi connectivity index (χ3v) is 5.64. The maximum Gasteiger partial charge on any atom is 0.321 e. The third-order valence-electron chi connectivity index (χ3n) is 5.64. The summed E-state index contributed by atoms with van der Waals surface area (Å²) < 4.78 is 13.4. The van der Waals surface area contributed by atoms with E-state index >= 15 is 0 Å². The molecule has 0 atom stereocenters. The van der Waals surface area contributed by atoms with Crippen LogP contribution in [0.25, 0.3) is 5.65 Å². The summed E-state index contributed by atoms with van der Waals surface area (Å²) >= 11 is 0. The van der Waals surface area contributed by atoms with E-state index in [9.17, 15) is 0 Å². The summed E-state index contributed by atoms with van der Waals surface area (Å²) in [6.45, 7) is 4.98. The van der Waals surface area contributed by atoms with Crippen molar-refractivity contribution in [3.8, 4) is 6.01 Å². The summed E-state index contributed by atoms with van der Waals surface area (Å²) in [4.78, 5) is 20.0. The summed E-state index contributed by atoms with van der Waals surface area (Å²) in [5.74, 6) is 1.69. The Hall–Kier alpha value is -3.01. The Kier molecular flexibility index (Phi) is 5.31. The average molecular weight is 410 g/mol. The maximum atomic E-state index is 6.31. The molecule has 1 aliphatic carbocycles. The first-order chi connectivity index (χ1) is 14.7. The number of ether oxygens (including phenoxy) is 2. The van der Waals surface area contributed by atoms with Gasteiger partial charge in [-0.25, -0.2) is 9.97 Å². The van der Waals surface area contributed by atoms with Crippen molar-refractivity contribution in [2.75, 3.05) is 36.5 Å². The van der Waals surface area contributed by atoms with Crippen molar-refractivity contribution in [3.05, 3.63) is 30.5 Å². The lowest BCUT2D eigenvalue weighted by Crippen LogP contribution is -2.37. The lowest BCUT2D eigenvalue weighted by atomic mass is 9.93. The van der Waals surface area contributed by atoms with E-state index in [4.69, 9.17) is 14.5 Å². The van der Waals surface area contributed by atoms with Gasteiger partial charge < -0.3 is 19.7 Å². The largest absolute Gasteiger partial charge is 0.460 e. The molecule has 4 heterocycles.